The lowest BCUT2D eigenvalue weighted by atomic mass is 10.1. The van der Waals surface area contributed by atoms with Crippen LogP contribution in [0.4, 0.5) is 13.6 Å². The van der Waals surface area contributed by atoms with Gasteiger partial charge in [-0.2, -0.15) is 0 Å². The molecule has 182 valence electrons. The van der Waals surface area contributed by atoms with Crippen molar-refractivity contribution in [1.29, 1.82) is 0 Å². The van der Waals surface area contributed by atoms with Crippen molar-refractivity contribution >= 4 is 34.5 Å². The Morgan fingerprint density at radius 3 is 2.40 bits per heavy atom. The summed E-state index contributed by atoms with van der Waals surface area (Å²) in [6.07, 6.45) is 1.82. The van der Waals surface area contributed by atoms with Gasteiger partial charge in [-0.05, 0) is 36.8 Å². The molecule has 0 bridgehead atoms. The van der Waals surface area contributed by atoms with Gasteiger partial charge in [0.05, 0.1) is 22.8 Å². The lowest BCUT2D eigenvalue weighted by Crippen LogP contribution is -2.50. The average Bonchev–Trinajstić information content (AvgIpc) is 2.86. The molecule has 35 heavy (non-hydrogen) atoms. The molecule has 3 aromatic rings. The molecule has 1 aliphatic heterocycles. The zero-order valence-electron chi connectivity index (χ0n) is 18.6. The molecule has 0 atom stereocenters. The summed E-state index contributed by atoms with van der Waals surface area (Å²) in [6, 6.07) is 8.24. The van der Waals surface area contributed by atoms with Crippen LogP contribution in [0.3, 0.4) is 0 Å². The number of benzene rings is 2. The Kier molecular flexibility index (Phi) is 7.16. The number of amides is 2. The smallest absolute Gasteiger partial charge is 0.409 e. The van der Waals surface area contributed by atoms with Crippen LogP contribution in [0.2, 0.25) is 5.02 Å². The first-order valence-corrected chi connectivity index (χ1v) is 11.3. The average molecular weight is 502 g/mol. The molecule has 4 rings (SSSR count). The summed E-state index contributed by atoms with van der Waals surface area (Å²) < 4.78 is 32.8. The third kappa shape index (κ3) is 5.19. The number of pyridine rings is 1. The van der Waals surface area contributed by atoms with Gasteiger partial charge < -0.3 is 19.6 Å². The highest BCUT2D eigenvalue weighted by Crippen LogP contribution is 2.32. The third-order valence-corrected chi connectivity index (χ3v) is 6.00. The largest absolute Gasteiger partial charge is 0.503 e. The van der Waals surface area contributed by atoms with E-state index in [2.05, 4.69) is 11.6 Å². The van der Waals surface area contributed by atoms with Gasteiger partial charge in [0, 0.05) is 42.7 Å². The van der Waals surface area contributed by atoms with Crippen molar-refractivity contribution in [3.05, 3.63) is 71.3 Å². The van der Waals surface area contributed by atoms with Gasteiger partial charge in [-0.3, -0.25) is 4.79 Å². The summed E-state index contributed by atoms with van der Waals surface area (Å²) in [5, 5.41) is 10.2. The number of phenols is 1. The molecule has 10 heteroatoms. The number of hydrogen-bond acceptors (Lipinski definition) is 5. The molecule has 2 aromatic carbocycles. The Labute approximate surface area is 205 Å². The van der Waals surface area contributed by atoms with Crippen molar-refractivity contribution in [1.82, 2.24) is 14.8 Å². The lowest BCUT2D eigenvalue weighted by Gasteiger charge is -2.34. The molecular formula is C25H22ClF2N3O4. The number of phenolic OH excluding ortho intramolecular Hbond substituents is 1. The summed E-state index contributed by atoms with van der Waals surface area (Å²) in [5.41, 5.74) is 1.02. The first-order chi connectivity index (χ1) is 16.8. The standard InChI is InChI=1S/C25H22ClF2N3O4/c1-2-3-10-35-25(34)31-8-6-30(7-9-31)24(33)15-4-5-17-18(26)14-21(29-22(17)13-15)16-11-19(27)23(32)20(28)12-16/h2,4-5,11-14,32H,1,3,6-10H2. The molecule has 1 fully saturated rings. The van der Waals surface area contributed by atoms with Crippen LogP contribution in [0, 0.1) is 11.6 Å². The van der Waals surface area contributed by atoms with Crippen molar-refractivity contribution in [3.8, 4) is 17.0 Å². The Bertz CT molecular complexity index is 1290. The van der Waals surface area contributed by atoms with Crippen LogP contribution in [0.25, 0.3) is 22.2 Å². The first kappa shape index (κ1) is 24.4. The van der Waals surface area contributed by atoms with Crippen LogP contribution in [-0.4, -0.2) is 64.7 Å². The highest BCUT2D eigenvalue weighted by atomic mass is 35.5. The van der Waals surface area contributed by atoms with Gasteiger partial charge in [0.1, 0.15) is 0 Å². The summed E-state index contributed by atoms with van der Waals surface area (Å²) in [4.78, 5) is 32.8. The fourth-order valence-corrected chi connectivity index (χ4v) is 4.04. The third-order valence-electron chi connectivity index (χ3n) is 5.69. The predicted octanol–water partition coefficient (Wildman–Crippen LogP) is 5.01. The van der Waals surface area contributed by atoms with Crippen molar-refractivity contribution < 1.29 is 28.2 Å². The number of carbonyl (C=O) groups is 2. The predicted molar refractivity (Wildman–Crippen MR) is 127 cm³/mol. The van der Waals surface area contributed by atoms with Gasteiger partial charge in [-0.25, -0.2) is 18.6 Å². The van der Waals surface area contributed by atoms with E-state index in [-0.39, 0.29) is 23.8 Å². The number of nitrogens with zero attached hydrogens (tertiary/aromatic N) is 3. The number of carbonyl (C=O) groups excluding carboxylic acids is 2. The van der Waals surface area contributed by atoms with Gasteiger partial charge in [0.15, 0.2) is 17.4 Å². The van der Waals surface area contributed by atoms with E-state index in [1.165, 1.54) is 6.07 Å². The van der Waals surface area contributed by atoms with Crippen LogP contribution in [0.5, 0.6) is 5.75 Å². The fraction of sp³-hybridized carbons (Fsp3) is 0.240. The molecule has 0 unspecified atom stereocenters. The summed E-state index contributed by atoms with van der Waals surface area (Å²) in [7, 11) is 0. The number of ether oxygens (including phenoxy) is 1. The Hall–Kier alpha value is -3.72. The monoisotopic (exact) mass is 501 g/mol. The van der Waals surface area contributed by atoms with Crippen LogP contribution >= 0.6 is 11.6 Å². The van der Waals surface area contributed by atoms with E-state index < -0.39 is 23.5 Å². The minimum Gasteiger partial charge on any atom is -0.503 e. The number of halogens is 3. The Balaban J connectivity index is 1.53. The van der Waals surface area contributed by atoms with Crippen molar-refractivity contribution in [2.75, 3.05) is 32.8 Å². The summed E-state index contributed by atoms with van der Waals surface area (Å²) in [5.74, 6) is -3.55. The fourth-order valence-electron chi connectivity index (χ4n) is 3.78. The number of aromatic nitrogens is 1. The van der Waals surface area contributed by atoms with Crippen LogP contribution in [-0.2, 0) is 4.74 Å². The van der Waals surface area contributed by atoms with Gasteiger partial charge in [0.25, 0.3) is 5.91 Å². The number of hydrogen-bond donors (Lipinski definition) is 1. The molecule has 0 aliphatic carbocycles. The SMILES string of the molecule is C=CCCOC(=O)N1CCN(C(=O)c2ccc3c(Cl)cc(-c4cc(F)c(O)c(F)c4)nc3c2)CC1. The zero-order valence-corrected chi connectivity index (χ0v) is 19.4. The molecule has 2 amide bonds. The van der Waals surface area contributed by atoms with Gasteiger partial charge >= 0.3 is 6.09 Å². The molecule has 1 aromatic heterocycles. The molecule has 2 heterocycles. The van der Waals surface area contributed by atoms with Crippen LogP contribution < -0.4 is 0 Å². The van der Waals surface area contributed by atoms with Crippen LogP contribution in [0.15, 0.2) is 49.1 Å². The molecule has 0 saturated carbocycles. The van der Waals surface area contributed by atoms with E-state index in [4.69, 9.17) is 16.3 Å². The normalized spacial score (nSPS) is 13.7. The zero-order chi connectivity index (χ0) is 25.1. The van der Waals surface area contributed by atoms with E-state index in [1.54, 1.807) is 34.1 Å². The molecule has 1 saturated heterocycles. The van der Waals surface area contributed by atoms with E-state index in [9.17, 15) is 23.5 Å². The van der Waals surface area contributed by atoms with Crippen molar-refractivity contribution in [2.24, 2.45) is 0 Å². The highest BCUT2D eigenvalue weighted by Gasteiger charge is 2.26. The lowest BCUT2D eigenvalue weighted by molar-refractivity contribution is 0.0564. The maximum Gasteiger partial charge on any atom is 0.409 e. The maximum atomic E-state index is 13.8. The van der Waals surface area contributed by atoms with E-state index in [0.29, 0.717) is 54.1 Å². The molecule has 0 spiro atoms. The van der Waals surface area contributed by atoms with Crippen LogP contribution in [0.1, 0.15) is 16.8 Å². The second-order valence-electron chi connectivity index (χ2n) is 7.98. The number of rotatable bonds is 5. The topological polar surface area (TPSA) is 83.0 Å². The number of fused-ring (bicyclic) bond motifs is 1. The molecule has 7 nitrogen and oxygen atoms in total. The number of aromatic hydroxyl groups is 1. The Morgan fingerprint density at radius 1 is 1.09 bits per heavy atom. The maximum absolute atomic E-state index is 13.8. The summed E-state index contributed by atoms with van der Waals surface area (Å²) in [6.45, 7) is 5.22. The number of piperazine rings is 1. The molecule has 0 radical (unpaired) electrons. The van der Waals surface area contributed by atoms with Gasteiger partial charge in [-0.15, -0.1) is 6.58 Å². The highest BCUT2D eigenvalue weighted by molar-refractivity contribution is 6.35. The van der Waals surface area contributed by atoms with Crippen molar-refractivity contribution in [3.63, 3.8) is 0 Å². The minimum absolute atomic E-state index is 0.0921. The molecular weight excluding hydrogens is 480 g/mol. The first-order valence-electron chi connectivity index (χ1n) is 10.9. The second-order valence-corrected chi connectivity index (χ2v) is 8.39. The minimum atomic E-state index is -1.12. The molecule has 1 aliphatic rings. The van der Waals surface area contributed by atoms with Gasteiger partial charge in [0.2, 0.25) is 0 Å². The van der Waals surface area contributed by atoms with E-state index in [1.807, 2.05) is 0 Å². The van der Waals surface area contributed by atoms with Crippen molar-refractivity contribution in [2.45, 2.75) is 6.42 Å². The Morgan fingerprint density at radius 2 is 1.74 bits per heavy atom. The molecule has 1 N–H and O–H groups in total. The van der Waals surface area contributed by atoms with Gasteiger partial charge in [-0.1, -0.05) is 23.7 Å². The quantitative estimate of drug-likeness (QED) is 0.392. The van der Waals surface area contributed by atoms with E-state index in [0.717, 1.165) is 12.1 Å². The van der Waals surface area contributed by atoms with E-state index >= 15 is 0 Å². The second kappa shape index (κ2) is 10.3. The summed E-state index contributed by atoms with van der Waals surface area (Å²) >= 11 is 6.37.